The highest BCUT2D eigenvalue weighted by molar-refractivity contribution is 5.95. The quantitative estimate of drug-likeness (QED) is 0.511. The van der Waals surface area contributed by atoms with E-state index in [0.717, 1.165) is 11.3 Å². The summed E-state index contributed by atoms with van der Waals surface area (Å²) in [7, 11) is 3.42. The Bertz CT molecular complexity index is 1040. The van der Waals surface area contributed by atoms with E-state index in [9.17, 15) is 18.4 Å². The summed E-state index contributed by atoms with van der Waals surface area (Å²) in [5.74, 6) is -0.0750. The lowest BCUT2D eigenvalue weighted by Gasteiger charge is -2.31. The van der Waals surface area contributed by atoms with Crippen LogP contribution in [0.5, 0.6) is 11.5 Å². The SMILES string of the molecule is CCOC(=O)C1=C(CN(C)Cc2ccc(OC)cc2)NC(=O)N[C@@H]1c1ccccc1OC(F)F. The van der Waals surface area contributed by atoms with Gasteiger partial charge in [-0.3, -0.25) is 4.90 Å². The lowest BCUT2D eigenvalue weighted by molar-refractivity contribution is -0.139. The number of urea groups is 1. The summed E-state index contributed by atoms with van der Waals surface area (Å²) in [6, 6.07) is 11.9. The number of amides is 2. The van der Waals surface area contributed by atoms with Gasteiger partial charge >= 0.3 is 18.6 Å². The zero-order chi connectivity index (χ0) is 24.7. The predicted molar refractivity (Wildman–Crippen MR) is 120 cm³/mol. The molecule has 1 heterocycles. The second-order valence-electron chi connectivity index (χ2n) is 7.58. The summed E-state index contributed by atoms with van der Waals surface area (Å²) in [5.41, 5.74) is 1.65. The van der Waals surface area contributed by atoms with Gasteiger partial charge in [0.25, 0.3) is 0 Å². The van der Waals surface area contributed by atoms with Crippen molar-refractivity contribution in [3.05, 3.63) is 70.9 Å². The largest absolute Gasteiger partial charge is 0.497 e. The fourth-order valence-corrected chi connectivity index (χ4v) is 3.72. The van der Waals surface area contributed by atoms with Crippen molar-refractivity contribution >= 4 is 12.0 Å². The first kappa shape index (κ1) is 25.0. The van der Waals surface area contributed by atoms with E-state index < -0.39 is 24.7 Å². The number of para-hydroxylation sites is 1. The summed E-state index contributed by atoms with van der Waals surface area (Å²) in [6.07, 6.45) is 0. The first-order chi connectivity index (χ1) is 16.3. The molecule has 8 nitrogen and oxygen atoms in total. The maximum absolute atomic E-state index is 13.0. The van der Waals surface area contributed by atoms with Gasteiger partial charge < -0.3 is 24.8 Å². The van der Waals surface area contributed by atoms with E-state index in [1.807, 2.05) is 36.2 Å². The number of ether oxygens (including phenoxy) is 3. The third kappa shape index (κ3) is 6.22. The van der Waals surface area contributed by atoms with E-state index in [1.165, 1.54) is 18.2 Å². The van der Waals surface area contributed by atoms with Gasteiger partial charge in [-0.05, 0) is 37.7 Å². The fourth-order valence-electron chi connectivity index (χ4n) is 3.72. The number of carbonyl (C=O) groups excluding carboxylic acids is 2. The molecule has 3 rings (SSSR count). The Morgan fingerprint density at radius 3 is 2.47 bits per heavy atom. The number of nitrogens with zero attached hydrogens (tertiary/aromatic N) is 1. The summed E-state index contributed by atoms with van der Waals surface area (Å²) >= 11 is 0. The molecule has 2 aromatic rings. The Morgan fingerprint density at radius 2 is 1.82 bits per heavy atom. The zero-order valence-corrected chi connectivity index (χ0v) is 19.1. The van der Waals surface area contributed by atoms with E-state index in [1.54, 1.807) is 20.1 Å². The standard InChI is InChI=1S/C24H27F2N3O5/c1-4-33-22(30)20-18(14-29(2)13-15-9-11-16(32-3)12-10-15)27-24(31)28-21(20)17-7-5-6-8-19(17)34-23(25)26/h5-12,21,23H,4,13-14H2,1-3H3,(H2,27,28,31)/t21-/m1/s1. The van der Waals surface area contributed by atoms with Crippen LogP contribution in [-0.4, -0.2) is 50.8 Å². The minimum atomic E-state index is -3.07. The molecule has 0 spiro atoms. The van der Waals surface area contributed by atoms with Crippen LogP contribution < -0.4 is 20.1 Å². The van der Waals surface area contributed by atoms with Gasteiger partial charge in [0.05, 0.1) is 25.3 Å². The maximum Gasteiger partial charge on any atom is 0.387 e. The highest BCUT2D eigenvalue weighted by Gasteiger charge is 2.35. The fraction of sp³-hybridized carbons (Fsp3) is 0.333. The number of halogens is 2. The Labute approximate surface area is 196 Å². The van der Waals surface area contributed by atoms with Crippen LogP contribution in [0.25, 0.3) is 0 Å². The smallest absolute Gasteiger partial charge is 0.387 e. The van der Waals surface area contributed by atoms with Gasteiger partial charge in [-0.1, -0.05) is 30.3 Å². The molecule has 182 valence electrons. The zero-order valence-electron chi connectivity index (χ0n) is 19.1. The number of likely N-dealkylation sites (N-methyl/N-ethyl adjacent to an activating group) is 1. The van der Waals surface area contributed by atoms with Crippen molar-refractivity contribution in [3.8, 4) is 11.5 Å². The number of benzene rings is 2. The van der Waals surface area contributed by atoms with Crippen molar-refractivity contribution in [2.75, 3.05) is 27.3 Å². The molecule has 0 saturated heterocycles. The third-order valence-electron chi connectivity index (χ3n) is 5.13. The Balaban J connectivity index is 1.95. The molecule has 0 radical (unpaired) electrons. The van der Waals surface area contributed by atoms with Crippen LogP contribution in [0.15, 0.2) is 59.8 Å². The van der Waals surface area contributed by atoms with E-state index in [2.05, 4.69) is 15.4 Å². The van der Waals surface area contributed by atoms with Gasteiger partial charge in [-0.2, -0.15) is 8.78 Å². The monoisotopic (exact) mass is 475 g/mol. The van der Waals surface area contributed by atoms with Crippen LogP contribution in [0.2, 0.25) is 0 Å². The number of carbonyl (C=O) groups is 2. The first-order valence-corrected chi connectivity index (χ1v) is 10.6. The van der Waals surface area contributed by atoms with Crippen molar-refractivity contribution < 1.29 is 32.6 Å². The Hall–Kier alpha value is -3.66. The molecule has 0 bridgehead atoms. The van der Waals surface area contributed by atoms with Crippen molar-refractivity contribution in [2.24, 2.45) is 0 Å². The van der Waals surface area contributed by atoms with E-state index in [4.69, 9.17) is 9.47 Å². The van der Waals surface area contributed by atoms with Crippen LogP contribution in [0, 0.1) is 0 Å². The first-order valence-electron chi connectivity index (χ1n) is 10.6. The van der Waals surface area contributed by atoms with Crippen LogP contribution in [0.3, 0.4) is 0 Å². The van der Waals surface area contributed by atoms with Crippen LogP contribution in [0.4, 0.5) is 13.6 Å². The molecule has 0 aliphatic carbocycles. The molecular weight excluding hydrogens is 448 g/mol. The van der Waals surface area contributed by atoms with E-state index in [-0.39, 0.29) is 30.0 Å². The average molecular weight is 475 g/mol. The Kier molecular flexibility index (Phi) is 8.42. The molecule has 0 saturated carbocycles. The number of hydrogen-bond acceptors (Lipinski definition) is 6. The molecule has 2 N–H and O–H groups in total. The molecule has 0 unspecified atom stereocenters. The molecule has 10 heteroatoms. The normalized spacial score (nSPS) is 15.7. The van der Waals surface area contributed by atoms with E-state index in [0.29, 0.717) is 12.2 Å². The predicted octanol–water partition coefficient (Wildman–Crippen LogP) is 3.60. The lowest BCUT2D eigenvalue weighted by atomic mass is 9.94. The van der Waals surface area contributed by atoms with Crippen LogP contribution >= 0.6 is 0 Å². The molecule has 34 heavy (non-hydrogen) atoms. The topological polar surface area (TPSA) is 89.1 Å². The minimum absolute atomic E-state index is 0.104. The second-order valence-corrected chi connectivity index (χ2v) is 7.58. The molecule has 1 atom stereocenters. The van der Waals surface area contributed by atoms with Gasteiger partial charge in [0.1, 0.15) is 11.5 Å². The number of nitrogens with one attached hydrogen (secondary N) is 2. The molecule has 1 aliphatic rings. The number of hydrogen-bond donors (Lipinski definition) is 2. The molecule has 0 aromatic heterocycles. The Morgan fingerprint density at radius 1 is 1.12 bits per heavy atom. The second kappa shape index (κ2) is 11.5. The maximum atomic E-state index is 13.0. The lowest BCUT2D eigenvalue weighted by Crippen LogP contribution is -2.48. The number of methoxy groups -OCH3 is 1. The van der Waals surface area contributed by atoms with Gasteiger partial charge in [0, 0.05) is 24.4 Å². The number of alkyl halides is 2. The van der Waals surface area contributed by atoms with Gasteiger partial charge in [-0.15, -0.1) is 0 Å². The molecule has 1 aliphatic heterocycles. The third-order valence-corrected chi connectivity index (χ3v) is 5.13. The minimum Gasteiger partial charge on any atom is -0.497 e. The summed E-state index contributed by atoms with van der Waals surface area (Å²) in [5, 5.41) is 5.31. The summed E-state index contributed by atoms with van der Waals surface area (Å²) < 4.78 is 41.0. The van der Waals surface area contributed by atoms with Crippen molar-refractivity contribution in [3.63, 3.8) is 0 Å². The van der Waals surface area contributed by atoms with Gasteiger partial charge in [0.2, 0.25) is 0 Å². The van der Waals surface area contributed by atoms with Crippen molar-refractivity contribution in [1.29, 1.82) is 0 Å². The number of esters is 1. The van der Waals surface area contributed by atoms with E-state index >= 15 is 0 Å². The van der Waals surface area contributed by atoms with Gasteiger partial charge in [-0.25, -0.2) is 9.59 Å². The van der Waals surface area contributed by atoms with Crippen LogP contribution in [-0.2, 0) is 16.1 Å². The molecule has 0 fully saturated rings. The number of rotatable bonds is 10. The molecule has 2 aromatic carbocycles. The average Bonchev–Trinajstić information content (AvgIpc) is 2.79. The highest BCUT2D eigenvalue weighted by atomic mass is 19.3. The van der Waals surface area contributed by atoms with Crippen LogP contribution in [0.1, 0.15) is 24.1 Å². The van der Waals surface area contributed by atoms with Crippen molar-refractivity contribution in [2.45, 2.75) is 26.1 Å². The molecular formula is C24H27F2N3O5. The highest BCUT2D eigenvalue weighted by Crippen LogP contribution is 2.34. The van der Waals surface area contributed by atoms with Gasteiger partial charge in [0.15, 0.2) is 0 Å². The summed E-state index contributed by atoms with van der Waals surface area (Å²) in [6.45, 7) is -0.590. The summed E-state index contributed by atoms with van der Waals surface area (Å²) in [4.78, 5) is 27.4. The van der Waals surface area contributed by atoms with Crippen molar-refractivity contribution in [1.82, 2.24) is 15.5 Å². The molecule has 2 amide bonds.